The summed E-state index contributed by atoms with van der Waals surface area (Å²) in [4.78, 5) is 27.0. The number of sulfonamides is 1. The van der Waals surface area contributed by atoms with Gasteiger partial charge in [0.05, 0.1) is 11.5 Å². The number of nitrogens with zero attached hydrogens (tertiary/aromatic N) is 1. The topological polar surface area (TPSA) is 117 Å². The van der Waals surface area contributed by atoms with E-state index in [2.05, 4.69) is 15.4 Å². The van der Waals surface area contributed by atoms with Gasteiger partial charge < -0.3 is 20.3 Å². The first kappa shape index (κ1) is 24.5. The number of methoxy groups -OCH3 is 1. The largest absolute Gasteiger partial charge is 0.383 e. The molecule has 3 N–H and O–H groups in total. The molecule has 0 spiro atoms. The molecule has 3 amide bonds. The van der Waals surface area contributed by atoms with E-state index in [-0.39, 0.29) is 42.1 Å². The number of likely N-dealkylation sites (tertiary alicyclic amines) is 1. The number of carbonyl (C=O) groups excluding carboxylic acids is 2. The Bertz CT molecular complexity index is 878. The summed E-state index contributed by atoms with van der Waals surface area (Å²) in [5.41, 5.74) is 0.334. The van der Waals surface area contributed by atoms with Gasteiger partial charge in [0.1, 0.15) is 0 Å². The highest BCUT2D eigenvalue weighted by Crippen LogP contribution is 2.19. The molecule has 10 heteroatoms. The van der Waals surface area contributed by atoms with Crippen LogP contribution in [0, 0.1) is 0 Å². The highest BCUT2D eigenvalue weighted by Gasteiger charge is 2.26. The number of piperidine rings is 1. The van der Waals surface area contributed by atoms with E-state index in [9.17, 15) is 18.0 Å². The van der Waals surface area contributed by atoms with E-state index in [1.807, 2.05) is 0 Å². The zero-order valence-electron chi connectivity index (χ0n) is 18.6. The summed E-state index contributed by atoms with van der Waals surface area (Å²) in [6.07, 6.45) is 6.98. The van der Waals surface area contributed by atoms with Crippen LogP contribution in [0.1, 0.15) is 55.3 Å². The van der Waals surface area contributed by atoms with E-state index in [1.54, 1.807) is 17.0 Å². The summed E-state index contributed by atoms with van der Waals surface area (Å²) >= 11 is 0. The monoisotopic (exact) mass is 466 g/mol. The first-order chi connectivity index (χ1) is 15.4. The number of ether oxygens (including phenoxy) is 1. The smallest absolute Gasteiger partial charge is 0.315 e. The van der Waals surface area contributed by atoms with E-state index < -0.39 is 10.0 Å². The Morgan fingerprint density at radius 1 is 1.03 bits per heavy atom. The summed E-state index contributed by atoms with van der Waals surface area (Å²) in [5, 5.41) is 6.10. The molecule has 0 bridgehead atoms. The third-order valence-corrected chi connectivity index (χ3v) is 7.51. The van der Waals surface area contributed by atoms with Gasteiger partial charge in [-0.15, -0.1) is 0 Å². The molecule has 0 atom stereocenters. The molecule has 0 unspecified atom stereocenters. The third-order valence-electron chi connectivity index (χ3n) is 6.05. The van der Waals surface area contributed by atoms with Crippen molar-refractivity contribution < 1.29 is 22.7 Å². The fraction of sp³-hybridized carbons (Fsp3) is 0.636. The lowest BCUT2D eigenvalue weighted by atomic mass is 9.96. The molecule has 1 aliphatic carbocycles. The number of hydrogen-bond donors (Lipinski definition) is 3. The van der Waals surface area contributed by atoms with Crippen molar-refractivity contribution in [3.05, 3.63) is 29.8 Å². The average molecular weight is 467 g/mol. The van der Waals surface area contributed by atoms with Gasteiger partial charge in [0.25, 0.3) is 5.91 Å². The molecular weight excluding hydrogens is 432 g/mol. The van der Waals surface area contributed by atoms with Crippen molar-refractivity contribution in [2.45, 2.75) is 61.9 Å². The van der Waals surface area contributed by atoms with Gasteiger partial charge in [-0.3, -0.25) is 4.79 Å². The van der Waals surface area contributed by atoms with Crippen molar-refractivity contribution in [1.29, 1.82) is 0 Å². The molecule has 32 heavy (non-hydrogen) atoms. The highest BCUT2D eigenvalue weighted by molar-refractivity contribution is 7.89. The van der Waals surface area contributed by atoms with Crippen LogP contribution >= 0.6 is 0 Å². The second-order valence-corrected chi connectivity index (χ2v) is 10.2. The molecule has 1 saturated heterocycles. The van der Waals surface area contributed by atoms with Crippen LogP contribution in [0.15, 0.2) is 29.2 Å². The fourth-order valence-corrected chi connectivity index (χ4v) is 5.29. The van der Waals surface area contributed by atoms with Crippen molar-refractivity contribution in [1.82, 2.24) is 20.3 Å². The first-order valence-corrected chi connectivity index (χ1v) is 12.8. The number of nitrogens with one attached hydrogen (secondary N) is 3. The van der Waals surface area contributed by atoms with E-state index in [0.29, 0.717) is 31.5 Å². The van der Waals surface area contributed by atoms with Crippen LogP contribution in [0.3, 0.4) is 0 Å². The molecule has 0 aromatic heterocycles. The van der Waals surface area contributed by atoms with Gasteiger partial charge in [-0.05, 0) is 43.9 Å². The highest BCUT2D eigenvalue weighted by atomic mass is 32.2. The summed E-state index contributed by atoms with van der Waals surface area (Å²) in [7, 11) is -2.21. The lowest BCUT2D eigenvalue weighted by Gasteiger charge is -2.33. The van der Waals surface area contributed by atoms with E-state index in [0.717, 1.165) is 25.7 Å². The maximum absolute atomic E-state index is 12.9. The Hall–Kier alpha value is -2.17. The van der Waals surface area contributed by atoms with Gasteiger partial charge >= 0.3 is 6.03 Å². The summed E-state index contributed by atoms with van der Waals surface area (Å²) < 4.78 is 32.1. The predicted octanol–water partition coefficient (Wildman–Crippen LogP) is 1.85. The van der Waals surface area contributed by atoms with E-state index >= 15 is 0 Å². The third kappa shape index (κ3) is 6.91. The van der Waals surface area contributed by atoms with Crippen molar-refractivity contribution in [2.75, 3.05) is 33.4 Å². The van der Waals surface area contributed by atoms with Crippen LogP contribution in [0.2, 0.25) is 0 Å². The molecule has 1 aliphatic heterocycles. The average Bonchev–Trinajstić information content (AvgIpc) is 2.80. The van der Waals surface area contributed by atoms with Gasteiger partial charge in [-0.2, -0.15) is 0 Å². The minimum Gasteiger partial charge on any atom is -0.383 e. The Labute approximate surface area is 190 Å². The van der Waals surface area contributed by atoms with Crippen LogP contribution in [0.5, 0.6) is 0 Å². The van der Waals surface area contributed by atoms with Gasteiger partial charge in [-0.25, -0.2) is 17.9 Å². The minimum atomic E-state index is -3.71. The molecule has 1 aromatic rings. The normalized spacial score (nSPS) is 18.3. The SMILES string of the molecule is COCCNS(=O)(=O)c1cccc(C(=O)N2CCC(NC(=O)NC3CCCCC3)CC2)c1. The molecule has 0 radical (unpaired) electrons. The molecule has 3 rings (SSSR count). The van der Waals surface area contributed by atoms with Crippen LogP contribution in [0.4, 0.5) is 4.79 Å². The van der Waals surface area contributed by atoms with Crippen molar-refractivity contribution in [2.24, 2.45) is 0 Å². The van der Waals surface area contributed by atoms with Crippen LogP contribution in [0.25, 0.3) is 0 Å². The molecule has 1 heterocycles. The van der Waals surface area contributed by atoms with E-state index in [1.165, 1.54) is 25.7 Å². The fourth-order valence-electron chi connectivity index (χ4n) is 4.23. The molecule has 9 nitrogen and oxygen atoms in total. The molecular formula is C22H34N4O5S. The van der Waals surface area contributed by atoms with Crippen LogP contribution in [-0.2, 0) is 14.8 Å². The van der Waals surface area contributed by atoms with Crippen LogP contribution < -0.4 is 15.4 Å². The number of amides is 3. The minimum absolute atomic E-state index is 0.0272. The predicted molar refractivity (Wildman–Crippen MR) is 121 cm³/mol. The number of rotatable bonds is 8. The Kier molecular flexibility index (Phi) is 8.89. The zero-order valence-corrected chi connectivity index (χ0v) is 19.5. The summed E-state index contributed by atoms with van der Waals surface area (Å²) in [6, 6.07) is 6.23. The summed E-state index contributed by atoms with van der Waals surface area (Å²) in [6.45, 7) is 1.44. The van der Waals surface area contributed by atoms with Crippen molar-refractivity contribution in [3.63, 3.8) is 0 Å². The molecule has 2 fully saturated rings. The Morgan fingerprint density at radius 3 is 2.34 bits per heavy atom. The Morgan fingerprint density at radius 2 is 1.69 bits per heavy atom. The van der Waals surface area contributed by atoms with Crippen LogP contribution in [-0.4, -0.2) is 70.7 Å². The standard InChI is InChI=1S/C22H34N4O5S/c1-31-15-12-23-32(29,30)20-9-5-6-17(16-20)21(27)26-13-10-19(11-14-26)25-22(28)24-18-7-3-2-4-8-18/h5-6,9,16,18-19,23H,2-4,7-8,10-15H2,1H3,(H2,24,25,28). The maximum atomic E-state index is 12.9. The quantitative estimate of drug-likeness (QED) is 0.506. The number of benzene rings is 1. The number of urea groups is 1. The number of carbonyl (C=O) groups is 2. The molecule has 2 aliphatic rings. The lowest BCUT2D eigenvalue weighted by Crippen LogP contribution is -2.51. The molecule has 1 saturated carbocycles. The molecule has 178 valence electrons. The first-order valence-electron chi connectivity index (χ1n) is 11.3. The van der Waals surface area contributed by atoms with Gasteiger partial charge in [-0.1, -0.05) is 25.3 Å². The van der Waals surface area contributed by atoms with Gasteiger partial charge in [0, 0.05) is 44.4 Å². The van der Waals surface area contributed by atoms with Gasteiger partial charge in [0.15, 0.2) is 0 Å². The maximum Gasteiger partial charge on any atom is 0.315 e. The molecule has 1 aromatic carbocycles. The van der Waals surface area contributed by atoms with Crippen molar-refractivity contribution >= 4 is 22.0 Å². The summed E-state index contributed by atoms with van der Waals surface area (Å²) in [5.74, 6) is -0.205. The lowest BCUT2D eigenvalue weighted by molar-refractivity contribution is 0.0708. The van der Waals surface area contributed by atoms with Gasteiger partial charge in [0.2, 0.25) is 10.0 Å². The van der Waals surface area contributed by atoms with Crippen molar-refractivity contribution in [3.8, 4) is 0 Å². The Balaban J connectivity index is 1.50. The number of hydrogen-bond acceptors (Lipinski definition) is 5. The van der Waals surface area contributed by atoms with E-state index in [4.69, 9.17) is 4.74 Å². The zero-order chi connectivity index (χ0) is 23.0. The second-order valence-electron chi connectivity index (χ2n) is 8.44. The second kappa shape index (κ2) is 11.6.